The molecule has 2 aromatic heterocycles. The van der Waals surface area contributed by atoms with Crippen molar-refractivity contribution in [3.05, 3.63) is 113 Å². The number of benzene rings is 2. The van der Waals surface area contributed by atoms with Gasteiger partial charge in [-0.2, -0.15) is 0 Å². The molecule has 4 nitrogen and oxygen atoms in total. The van der Waals surface area contributed by atoms with Crippen LogP contribution in [-0.2, 0) is 0 Å². The maximum absolute atomic E-state index is 14.9. The number of nitrogens with zero attached hydrogens (tertiary/aromatic N) is 3. The Labute approximate surface area is 194 Å². The van der Waals surface area contributed by atoms with Crippen LogP contribution < -0.4 is 10.2 Å². The second-order valence-corrected chi connectivity index (χ2v) is 8.14. The number of halogens is 3. The van der Waals surface area contributed by atoms with Crippen LogP contribution in [0.4, 0.5) is 14.5 Å². The van der Waals surface area contributed by atoms with Crippen LogP contribution in [0.2, 0.25) is 5.02 Å². The van der Waals surface area contributed by atoms with Crippen LogP contribution in [0.25, 0.3) is 5.69 Å². The predicted octanol–water partition coefficient (Wildman–Crippen LogP) is 5.98. The fraction of sp³-hybridized carbons (Fsp3) is 0.0833. The normalized spacial score (nSPS) is 18.1. The Morgan fingerprint density at radius 3 is 2.50 bits per heavy atom. The molecule has 0 saturated carbocycles. The third kappa shape index (κ3) is 3.53. The van der Waals surface area contributed by atoms with E-state index in [4.69, 9.17) is 23.8 Å². The predicted molar refractivity (Wildman–Crippen MR) is 125 cm³/mol. The third-order valence-corrected chi connectivity index (χ3v) is 6.08. The van der Waals surface area contributed by atoms with Crippen LogP contribution in [0.1, 0.15) is 23.5 Å². The molecule has 0 unspecified atom stereocenters. The van der Waals surface area contributed by atoms with E-state index >= 15 is 0 Å². The number of para-hydroxylation sites is 1. The summed E-state index contributed by atoms with van der Waals surface area (Å²) in [6, 6.07) is 19.7. The van der Waals surface area contributed by atoms with Crippen LogP contribution in [0.5, 0.6) is 0 Å². The minimum atomic E-state index is -0.493. The highest BCUT2D eigenvalue weighted by atomic mass is 35.5. The van der Waals surface area contributed by atoms with Gasteiger partial charge in [0.25, 0.3) is 0 Å². The maximum Gasteiger partial charge on any atom is 0.174 e. The monoisotopic (exact) mass is 466 g/mol. The second kappa shape index (κ2) is 8.33. The molecule has 0 radical (unpaired) electrons. The molecule has 2 atom stereocenters. The zero-order valence-electron chi connectivity index (χ0n) is 16.6. The summed E-state index contributed by atoms with van der Waals surface area (Å²) in [4.78, 5) is 6.28. The highest BCUT2D eigenvalue weighted by Gasteiger charge is 2.43. The van der Waals surface area contributed by atoms with Gasteiger partial charge in [0, 0.05) is 23.8 Å². The zero-order valence-corrected chi connectivity index (χ0v) is 18.2. The van der Waals surface area contributed by atoms with Gasteiger partial charge >= 0.3 is 0 Å². The van der Waals surface area contributed by atoms with Crippen molar-refractivity contribution >= 4 is 34.6 Å². The number of aromatic nitrogens is 2. The summed E-state index contributed by atoms with van der Waals surface area (Å²) in [5.74, 6) is -0.876. The van der Waals surface area contributed by atoms with Gasteiger partial charge in [-0.3, -0.25) is 4.98 Å². The fourth-order valence-electron chi connectivity index (χ4n) is 4.07. The summed E-state index contributed by atoms with van der Waals surface area (Å²) in [5.41, 5.74) is 2.63. The second-order valence-electron chi connectivity index (χ2n) is 7.35. The van der Waals surface area contributed by atoms with Crippen molar-refractivity contribution in [1.82, 2.24) is 14.9 Å². The summed E-state index contributed by atoms with van der Waals surface area (Å²) < 4.78 is 30.5. The Hall–Kier alpha value is -3.29. The molecule has 0 bridgehead atoms. The van der Waals surface area contributed by atoms with E-state index in [1.54, 1.807) is 41.4 Å². The van der Waals surface area contributed by atoms with Gasteiger partial charge in [0.2, 0.25) is 0 Å². The van der Waals surface area contributed by atoms with Gasteiger partial charge in [-0.1, -0.05) is 29.8 Å². The average Bonchev–Trinajstić information content (AvgIpc) is 3.41. The molecule has 1 aliphatic heterocycles. The lowest BCUT2D eigenvalue weighted by Gasteiger charge is -2.29. The largest absolute Gasteiger partial charge is 0.351 e. The molecular weight excluding hydrogens is 450 g/mol. The number of hydrogen-bond acceptors (Lipinski definition) is 2. The molecule has 8 heteroatoms. The first kappa shape index (κ1) is 20.6. The minimum absolute atomic E-state index is 0.0226. The molecule has 4 aromatic rings. The lowest BCUT2D eigenvalue weighted by molar-refractivity contribution is 0.541. The maximum atomic E-state index is 14.9. The first-order valence-corrected chi connectivity index (χ1v) is 10.7. The summed E-state index contributed by atoms with van der Waals surface area (Å²) in [6.45, 7) is 0. The first-order valence-electron chi connectivity index (χ1n) is 9.92. The van der Waals surface area contributed by atoms with E-state index in [-0.39, 0.29) is 16.9 Å². The van der Waals surface area contributed by atoms with Crippen molar-refractivity contribution in [1.29, 1.82) is 0 Å². The van der Waals surface area contributed by atoms with Gasteiger partial charge in [-0.25, -0.2) is 8.78 Å². The van der Waals surface area contributed by atoms with E-state index in [0.717, 1.165) is 11.4 Å². The van der Waals surface area contributed by atoms with Gasteiger partial charge in [0.15, 0.2) is 5.11 Å². The topological polar surface area (TPSA) is 33.1 Å². The minimum Gasteiger partial charge on any atom is -0.351 e. The average molecular weight is 467 g/mol. The fourth-order valence-corrected chi connectivity index (χ4v) is 4.58. The van der Waals surface area contributed by atoms with Crippen LogP contribution in [0, 0.1) is 11.6 Å². The lowest BCUT2D eigenvalue weighted by atomic mass is 10.0. The zero-order chi connectivity index (χ0) is 22.2. The van der Waals surface area contributed by atoms with Gasteiger partial charge in [0.1, 0.15) is 17.7 Å². The molecule has 1 aliphatic rings. The Morgan fingerprint density at radius 1 is 0.938 bits per heavy atom. The molecule has 5 rings (SSSR count). The van der Waals surface area contributed by atoms with Crippen molar-refractivity contribution in [2.75, 3.05) is 4.90 Å². The standard InChI is InChI=1S/C24H17ClF2N4S/c25-16-14-15(10-11-17(16)26)30-13-5-9-21(30)23-22(19-7-3-4-12-28-19)29-24(32)31(23)20-8-2-1-6-18(20)27/h1-14,22-23H,(H,29,32)/t22-,23+/m0/s1. The number of nitrogens with one attached hydrogen (secondary N) is 1. The van der Waals surface area contributed by atoms with Crippen molar-refractivity contribution in [2.45, 2.75) is 12.1 Å². The van der Waals surface area contributed by atoms with Gasteiger partial charge in [-0.15, -0.1) is 0 Å². The first-order chi connectivity index (χ1) is 15.5. The van der Waals surface area contributed by atoms with Crippen LogP contribution >= 0.6 is 23.8 Å². The van der Waals surface area contributed by atoms with E-state index < -0.39 is 11.9 Å². The van der Waals surface area contributed by atoms with E-state index in [1.165, 1.54) is 12.1 Å². The Kier molecular flexibility index (Phi) is 5.36. The lowest BCUT2D eigenvalue weighted by Crippen LogP contribution is -2.31. The van der Waals surface area contributed by atoms with E-state index in [1.807, 2.05) is 41.1 Å². The van der Waals surface area contributed by atoms with E-state index in [9.17, 15) is 8.78 Å². The van der Waals surface area contributed by atoms with Crippen molar-refractivity contribution < 1.29 is 8.78 Å². The number of thiocarbonyl (C=S) groups is 1. The number of anilines is 1. The van der Waals surface area contributed by atoms with Crippen LogP contribution in [-0.4, -0.2) is 14.7 Å². The van der Waals surface area contributed by atoms with Crippen LogP contribution in [0.15, 0.2) is 85.2 Å². The smallest absolute Gasteiger partial charge is 0.174 e. The van der Waals surface area contributed by atoms with Crippen LogP contribution in [0.3, 0.4) is 0 Å². The molecule has 0 amide bonds. The molecule has 2 aromatic carbocycles. The number of pyridine rings is 1. The van der Waals surface area contributed by atoms with Gasteiger partial charge in [0.05, 0.1) is 22.4 Å². The van der Waals surface area contributed by atoms with E-state index in [2.05, 4.69) is 10.3 Å². The number of rotatable bonds is 4. The highest BCUT2D eigenvalue weighted by molar-refractivity contribution is 7.80. The highest BCUT2D eigenvalue weighted by Crippen LogP contribution is 2.43. The molecule has 0 aliphatic carbocycles. The molecule has 1 fully saturated rings. The molecule has 3 heterocycles. The summed E-state index contributed by atoms with van der Waals surface area (Å²) in [6.07, 6.45) is 3.57. The molecule has 32 heavy (non-hydrogen) atoms. The Morgan fingerprint density at radius 2 is 1.75 bits per heavy atom. The number of hydrogen-bond donors (Lipinski definition) is 1. The Balaban J connectivity index is 1.69. The van der Waals surface area contributed by atoms with Crippen molar-refractivity contribution in [3.63, 3.8) is 0 Å². The molecule has 1 N–H and O–H groups in total. The Bertz CT molecular complexity index is 1290. The summed E-state index contributed by atoms with van der Waals surface area (Å²) in [5, 5.41) is 3.72. The summed E-state index contributed by atoms with van der Waals surface area (Å²) >= 11 is 11.7. The van der Waals surface area contributed by atoms with Crippen molar-refractivity contribution in [3.8, 4) is 5.69 Å². The van der Waals surface area contributed by atoms with Gasteiger partial charge in [-0.05, 0) is 66.8 Å². The van der Waals surface area contributed by atoms with E-state index in [0.29, 0.717) is 16.5 Å². The quantitative estimate of drug-likeness (QED) is 0.375. The van der Waals surface area contributed by atoms with Gasteiger partial charge < -0.3 is 14.8 Å². The van der Waals surface area contributed by atoms with Crippen molar-refractivity contribution in [2.24, 2.45) is 0 Å². The SMILES string of the molecule is Fc1ccc(-n2cccc2[C@@H]2[C@H](c3ccccn3)NC(=S)N2c2ccccc2F)cc1Cl. The molecule has 1 saturated heterocycles. The summed E-state index contributed by atoms with van der Waals surface area (Å²) in [7, 11) is 0. The molecule has 160 valence electrons. The molecular formula is C24H17ClF2N4S. The molecule has 0 spiro atoms. The third-order valence-electron chi connectivity index (χ3n) is 5.47.